The zero-order valence-electron chi connectivity index (χ0n) is 12.8. The average Bonchev–Trinajstić information content (AvgIpc) is 3.08. The highest BCUT2D eigenvalue weighted by Crippen LogP contribution is 2.20. The van der Waals surface area contributed by atoms with Crippen molar-refractivity contribution >= 4 is 16.9 Å². The Morgan fingerprint density at radius 2 is 2.09 bits per heavy atom. The van der Waals surface area contributed by atoms with Gasteiger partial charge in [0.05, 0.1) is 11.9 Å². The van der Waals surface area contributed by atoms with E-state index in [4.69, 9.17) is 0 Å². The molecule has 0 radical (unpaired) electrons. The number of nitrogens with one attached hydrogen (secondary N) is 1. The Balaban J connectivity index is 1.77. The maximum atomic E-state index is 12.4. The Bertz CT molecular complexity index is 804. The number of aryl methyl sites for hydroxylation is 2. The predicted octanol–water partition coefficient (Wildman–Crippen LogP) is 1.35. The third-order valence-corrected chi connectivity index (χ3v) is 3.73. The van der Waals surface area contributed by atoms with E-state index in [2.05, 4.69) is 20.5 Å². The molecule has 7 nitrogen and oxygen atoms in total. The van der Waals surface area contributed by atoms with Crippen LogP contribution in [0.5, 0.6) is 0 Å². The smallest absolute Gasteiger partial charge is 0.244 e. The van der Waals surface area contributed by atoms with Crippen LogP contribution in [0, 0.1) is 6.92 Å². The van der Waals surface area contributed by atoms with Gasteiger partial charge in [-0.1, -0.05) is 0 Å². The summed E-state index contributed by atoms with van der Waals surface area (Å²) in [5.41, 5.74) is 3.70. The lowest BCUT2D eigenvalue weighted by Crippen LogP contribution is -2.31. The maximum Gasteiger partial charge on any atom is 0.244 e. The van der Waals surface area contributed by atoms with Crippen LogP contribution in [0.15, 0.2) is 30.7 Å². The van der Waals surface area contributed by atoms with Crippen molar-refractivity contribution in [1.29, 1.82) is 0 Å². The van der Waals surface area contributed by atoms with E-state index in [1.54, 1.807) is 28.0 Å². The van der Waals surface area contributed by atoms with Gasteiger partial charge in [0.25, 0.3) is 0 Å². The summed E-state index contributed by atoms with van der Waals surface area (Å²) in [5, 5.41) is 11.6. The first kappa shape index (κ1) is 14.2. The number of pyridine rings is 1. The second-order valence-electron chi connectivity index (χ2n) is 5.28. The SMILES string of the molecule is Cc1nn(C)c2cnn([C@@H](C)C(=O)NCc3ccncc3)c12. The van der Waals surface area contributed by atoms with Crippen LogP contribution in [-0.2, 0) is 18.4 Å². The lowest BCUT2D eigenvalue weighted by atomic mass is 10.2. The van der Waals surface area contributed by atoms with Gasteiger partial charge in [-0.05, 0) is 31.5 Å². The number of hydrogen-bond donors (Lipinski definition) is 1. The molecule has 3 rings (SSSR count). The van der Waals surface area contributed by atoms with E-state index in [1.807, 2.05) is 33.0 Å². The van der Waals surface area contributed by atoms with Crippen LogP contribution in [0.3, 0.4) is 0 Å². The quantitative estimate of drug-likeness (QED) is 0.788. The van der Waals surface area contributed by atoms with Crippen molar-refractivity contribution in [2.45, 2.75) is 26.4 Å². The van der Waals surface area contributed by atoms with Crippen molar-refractivity contribution in [2.24, 2.45) is 7.05 Å². The summed E-state index contributed by atoms with van der Waals surface area (Å²) in [5.74, 6) is -0.0786. The van der Waals surface area contributed by atoms with Crippen molar-refractivity contribution in [1.82, 2.24) is 29.9 Å². The summed E-state index contributed by atoms with van der Waals surface area (Å²) >= 11 is 0. The van der Waals surface area contributed by atoms with Gasteiger partial charge in [-0.3, -0.25) is 14.5 Å². The Morgan fingerprint density at radius 3 is 2.82 bits per heavy atom. The number of carbonyl (C=O) groups is 1. The third kappa shape index (κ3) is 2.45. The molecule has 7 heteroatoms. The molecule has 1 atom stereocenters. The van der Waals surface area contributed by atoms with Crippen LogP contribution in [-0.4, -0.2) is 30.5 Å². The average molecular weight is 298 g/mol. The van der Waals surface area contributed by atoms with E-state index in [-0.39, 0.29) is 5.91 Å². The molecule has 22 heavy (non-hydrogen) atoms. The van der Waals surface area contributed by atoms with E-state index in [0.717, 1.165) is 22.3 Å². The number of rotatable bonds is 4. The molecule has 0 aliphatic heterocycles. The fourth-order valence-electron chi connectivity index (χ4n) is 2.51. The molecule has 0 saturated heterocycles. The standard InChI is InChI=1S/C15H18N6O/c1-10-14-13(20(3)19-10)9-18-21(14)11(2)15(22)17-8-12-4-6-16-7-5-12/h4-7,9,11H,8H2,1-3H3,(H,17,22)/t11-/m0/s1. The molecule has 0 fully saturated rings. The molecule has 3 heterocycles. The van der Waals surface area contributed by atoms with Crippen molar-refractivity contribution in [3.05, 3.63) is 42.0 Å². The van der Waals surface area contributed by atoms with Crippen LogP contribution in [0.2, 0.25) is 0 Å². The zero-order valence-corrected chi connectivity index (χ0v) is 12.8. The number of aromatic nitrogens is 5. The van der Waals surface area contributed by atoms with E-state index in [0.29, 0.717) is 6.54 Å². The van der Waals surface area contributed by atoms with Crippen molar-refractivity contribution in [3.63, 3.8) is 0 Å². The van der Waals surface area contributed by atoms with Gasteiger partial charge < -0.3 is 5.32 Å². The van der Waals surface area contributed by atoms with Gasteiger partial charge >= 0.3 is 0 Å². The Kier molecular flexibility index (Phi) is 3.62. The first-order valence-corrected chi connectivity index (χ1v) is 7.11. The van der Waals surface area contributed by atoms with Gasteiger partial charge in [-0.25, -0.2) is 4.68 Å². The highest BCUT2D eigenvalue weighted by Gasteiger charge is 2.20. The van der Waals surface area contributed by atoms with Crippen LogP contribution in [0.1, 0.15) is 24.2 Å². The molecule has 1 N–H and O–H groups in total. The number of hydrogen-bond acceptors (Lipinski definition) is 4. The molecular weight excluding hydrogens is 280 g/mol. The van der Waals surface area contributed by atoms with Gasteiger partial charge in [-0.2, -0.15) is 10.2 Å². The van der Waals surface area contributed by atoms with E-state index < -0.39 is 6.04 Å². The van der Waals surface area contributed by atoms with Crippen LogP contribution in [0.25, 0.3) is 11.0 Å². The van der Waals surface area contributed by atoms with Gasteiger partial charge in [0.1, 0.15) is 17.1 Å². The maximum absolute atomic E-state index is 12.4. The molecule has 0 spiro atoms. The molecule has 0 unspecified atom stereocenters. The fourth-order valence-corrected chi connectivity index (χ4v) is 2.51. The largest absolute Gasteiger partial charge is 0.350 e. The molecule has 3 aromatic rings. The lowest BCUT2D eigenvalue weighted by molar-refractivity contribution is -0.124. The van der Waals surface area contributed by atoms with E-state index >= 15 is 0 Å². The summed E-state index contributed by atoms with van der Waals surface area (Å²) in [6.45, 7) is 4.23. The number of amides is 1. The van der Waals surface area contributed by atoms with Crippen LogP contribution < -0.4 is 5.32 Å². The highest BCUT2D eigenvalue weighted by atomic mass is 16.2. The van der Waals surface area contributed by atoms with Gasteiger partial charge in [0.2, 0.25) is 5.91 Å². The normalized spacial score (nSPS) is 12.5. The summed E-state index contributed by atoms with van der Waals surface area (Å²) < 4.78 is 3.50. The Morgan fingerprint density at radius 1 is 1.36 bits per heavy atom. The Labute approximate surface area is 128 Å². The highest BCUT2D eigenvalue weighted by molar-refractivity contribution is 5.84. The summed E-state index contributed by atoms with van der Waals surface area (Å²) in [6, 6.07) is 3.35. The van der Waals surface area contributed by atoms with Crippen molar-refractivity contribution in [3.8, 4) is 0 Å². The predicted molar refractivity (Wildman–Crippen MR) is 82.0 cm³/mol. The minimum atomic E-state index is -0.401. The van der Waals surface area contributed by atoms with Crippen LogP contribution in [0.4, 0.5) is 0 Å². The van der Waals surface area contributed by atoms with Crippen molar-refractivity contribution in [2.75, 3.05) is 0 Å². The van der Waals surface area contributed by atoms with Gasteiger partial charge in [-0.15, -0.1) is 0 Å². The molecule has 0 aliphatic carbocycles. The van der Waals surface area contributed by atoms with Gasteiger partial charge in [0.15, 0.2) is 0 Å². The summed E-state index contributed by atoms with van der Waals surface area (Å²) in [6.07, 6.45) is 5.16. The molecule has 0 saturated carbocycles. The number of fused-ring (bicyclic) bond motifs is 1. The number of carbonyl (C=O) groups excluding carboxylic acids is 1. The third-order valence-electron chi connectivity index (χ3n) is 3.73. The minimum Gasteiger partial charge on any atom is -0.350 e. The van der Waals surface area contributed by atoms with Gasteiger partial charge in [0, 0.05) is 26.0 Å². The summed E-state index contributed by atoms with van der Waals surface area (Å²) in [7, 11) is 1.87. The second-order valence-corrected chi connectivity index (χ2v) is 5.28. The second kappa shape index (κ2) is 5.59. The monoisotopic (exact) mass is 298 g/mol. The fraction of sp³-hybridized carbons (Fsp3) is 0.333. The molecule has 114 valence electrons. The zero-order chi connectivity index (χ0) is 15.7. The summed E-state index contributed by atoms with van der Waals surface area (Å²) in [4.78, 5) is 16.3. The molecule has 0 aliphatic rings. The first-order valence-electron chi connectivity index (χ1n) is 7.11. The molecular formula is C15H18N6O. The lowest BCUT2D eigenvalue weighted by Gasteiger charge is -2.13. The van der Waals surface area contributed by atoms with E-state index in [9.17, 15) is 4.79 Å². The molecule has 0 aromatic carbocycles. The minimum absolute atomic E-state index is 0.0786. The first-order chi connectivity index (χ1) is 10.6. The topological polar surface area (TPSA) is 77.6 Å². The van der Waals surface area contributed by atoms with Crippen LogP contribution >= 0.6 is 0 Å². The Hall–Kier alpha value is -2.70. The molecule has 1 amide bonds. The molecule has 3 aromatic heterocycles. The van der Waals surface area contributed by atoms with E-state index in [1.165, 1.54) is 0 Å². The molecule has 0 bridgehead atoms. The number of nitrogens with zero attached hydrogens (tertiary/aromatic N) is 5. The van der Waals surface area contributed by atoms with Crippen molar-refractivity contribution < 1.29 is 4.79 Å².